The number of pyridine rings is 1. The van der Waals surface area contributed by atoms with Crippen molar-refractivity contribution in [1.82, 2.24) is 10.3 Å². The number of ketones is 1. The lowest BCUT2D eigenvalue weighted by molar-refractivity contribution is 0.101. The number of hydrogen-bond acceptors (Lipinski definition) is 4. The number of rotatable bonds is 5. The predicted molar refractivity (Wildman–Crippen MR) is 119 cm³/mol. The molecule has 4 rings (SSSR count). The zero-order valence-corrected chi connectivity index (χ0v) is 17.2. The smallest absolute Gasteiger partial charge is 0.407 e. The summed E-state index contributed by atoms with van der Waals surface area (Å²) in [5, 5.41) is 2.74. The maximum Gasteiger partial charge on any atom is 0.407 e. The Bertz CT molecular complexity index is 1140. The molecule has 1 heterocycles. The molecule has 0 aliphatic heterocycles. The topological polar surface area (TPSA) is 68.3 Å². The highest BCUT2D eigenvalue weighted by Gasteiger charge is 2.28. The molecule has 0 radical (unpaired) electrons. The van der Waals surface area contributed by atoms with Gasteiger partial charge in [-0.2, -0.15) is 0 Å². The van der Waals surface area contributed by atoms with E-state index in [1.807, 2.05) is 24.3 Å². The van der Waals surface area contributed by atoms with Crippen molar-refractivity contribution in [3.8, 4) is 23.0 Å². The molecule has 0 unspecified atom stereocenters. The van der Waals surface area contributed by atoms with Crippen LogP contribution in [-0.4, -0.2) is 30.0 Å². The first-order chi connectivity index (χ1) is 15.1. The highest BCUT2D eigenvalue weighted by Crippen LogP contribution is 2.44. The van der Waals surface area contributed by atoms with Crippen LogP contribution in [0.3, 0.4) is 0 Å². The molecule has 1 aromatic heterocycles. The van der Waals surface area contributed by atoms with Gasteiger partial charge in [-0.05, 0) is 35.2 Å². The molecule has 0 fully saturated rings. The van der Waals surface area contributed by atoms with Crippen LogP contribution in [0.5, 0.6) is 0 Å². The monoisotopic (exact) mass is 410 g/mol. The van der Waals surface area contributed by atoms with Crippen LogP contribution in [0.15, 0.2) is 67.0 Å². The number of nitrogens with one attached hydrogen (secondary N) is 1. The van der Waals surface area contributed by atoms with Gasteiger partial charge in [0.2, 0.25) is 0 Å². The van der Waals surface area contributed by atoms with Crippen molar-refractivity contribution in [2.45, 2.75) is 19.3 Å². The fraction of sp³-hybridized carbons (Fsp3) is 0.192. The van der Waals surface area contributed by atoms with Crippen LogP contribution in [0, 0.1) is 11.8 Å². The number of nitrogens with zero attached hydrogens (tertiary/aromatic N) is 1. The molecule has 5 heteroatoms. The van der Waals surface area contributed by atoms with Gasteiger partial charge in [0.25, 0.3) is 0 Å². The van der Waals surface area contributed by atoms with Gasteiger partial charge in [-0.15, -0.1) is 0 Å². The molecule has 0 spiro atoms. The average molecular weight is 410 g/mol. The average Bonchev–Trinajstić information content (AvgIpc) is 3.11. The van der Waals surface area contributed by atoms with Crippen LogP contribution in [0.4, 0.5) is 4.79 Å². The maximum atomic E-state index is 12.1. The van der Waals surface area contributed by atoms with Gasteiger partial charge in [0.05, 0.1) is 0 Å². The number of alkyl carbamates (subject to hydrolysis) is 1. The Hall–Kier alpha value is -3.91. The second-order valence-corrected chi connectivity index (χ2v) is 7.32. The van der Waals surface area contributed by atoms with Gasteiger partial charge < -0.3 is 10.1 Å². The first-order valence-electron chi connectivity index (χ1n) is 10.2. The van der Waals surface area contributed by atoms with Gasteiger partial charge in [-0.3, -0.25) is 9.78 Å². The van der Waals surface area contributed by atoms with Gasteiger partial charge in [0, 0.05) is 42.4 Å². The Labute approximate surface area is 181 Å². The van der Waals surface area contributed by atoms with Gasteiger partial charge in [0.15, 0.2) is 5.78 Å². The lowest BCUT2D eigenvalue weighted by Crippen LogP contribution is -2.26. The van der Waals surface area contributed by atoms with Crippen molar-refractivity contribution in [2.75, 3.05) is 13.2 Å². The number of carbonyl (C=O) groups is 2. The van der Waals surface area contributed by atoms with Crippen molar-refractivity contribution in [2.24, 2.45) is 0 Å². The minimum atomic E-state index is -0.455. The summed E-state index contributed by atoms with van der Waals surface area (Å²) in [6.07, 6.45) is 3.14. The van der Waals surface area contributed by atoms with Crippen molar-refractivity contribution < 1.29 is 14.3 Å². The highest BCUT2D eigenvalue weighted by molar-refractivity contribution is 5.94. The van der Waals surface area contributed by atoms with E-state index in [2.05, 4.69) is 46.4 Å². The summed E-state index contributed by atoms with van der Waals surface area (Å²) in [5.74, 6) is 5.92. The molecule has 31 heavy (non-hydrogen) atoms. The van der Waals surface area contributed by atoms with Crippen molar-refractivity contribution in [3.05, 3.63) is 89.2 Å². The number of benzene rings is 2. The molecule has 1 N–H and O–H groups in total. The maximum absolute atomic E-state index is 12.1. The second-order valence-electron chi connectivity index (χ2n) is 7.32. The van der Waals surface area contributed by atoms with E-state index in [9.17, 15) is 9.59 Å². The molecule has 0 saturated carbocycles. The third-order valence-corrected chi connectivity index (χ3v) is 5.24. The number of amides is 1. The van der Waals surface area contributed by atoms with Crippen LogP contribution in [-0.2, 0) is 4.74 Å². The number of ether oxygens (including phenoxy) is 1. The van der Waals surface area contributed by atoms with Crippen LogP contribution < -0.4 is 5.32 Å². The van der Waals surface area contributed by atoms with E-state index in [4.69, 9.17) is 4.74 Å². The Morgan fingerprint density at radius 1 is 1.03 bits per heavy atom. The first kappa shape index (κ1) is 20.4. The van der Waals surface area contributed by atoms with Gasteiger partial charge in [-0.25, -0.2) is 4.79 Å². The third kappa shape index (κ3) is 4.65. The molecular formula is C26H22N2O3. The van der Waals surface area contributed by atoms with Crippen molar-refractivity contribution >= 4 is 11.9 Å². The number of carbonyl (C=O) groups excluding carboxylic acids is 2. The quantitative estimate of drug-likeness (QED) is 0.380. The fourth-order valence-corrected chi connectivity index (χ4v) is 3.74. The Kier molecular flexibility index (Phi) is 6.09. The Morgan fingerprint density at radius 3 is 2.39 bits per heavy atom. The van der Waals surface area contributed by atoms with E-state index < -0.39 is 6.09 Å². The van der Waals surface area contributed by atoms with Crippen LogP contribution >= 0.6 is 0 Å². The van der Waals surface area contributed by atoms with Crippen LogP contribution in [0.2, 0.25) is 0 Å². The molecule has 5 nitrogen and oxygen atoms in total. The number of hydrogen-bond donors (Lipinski definition) is 1. The van der Waals surface area contributed by atoms with Crippen molar-refractivity contribution in [3.63, 3.8) is 0 Å². The molecule has 3 aromatic rings. The zero-order valence-electron chi connectivity index (χ0n) is 17.2. The first-order valence-corrected chi connectivity index (χ1v) is 10.2. The van der Waals surface area contributed by atoms with Gasteiger partial charge in [-0.1, -0.05) is 60.4 Å². The molecule has 1 aliphatic carbocycles. The van der Waals surface area contributed by atoms with Crippen LogP contribution in [0.25, 0.3) is 11.1 Å². The Balaban J connectivity index is 1.28. The molecule has 1 aliphatic rings. The summed E-state index contributed by atoms with van der Waals surface area (Å²) in [4.78, 5) is 27.6. The Morgan fingerprint density at radius 2 is 1.71 bits per heavy atom. The van der Waals surface area contributed by atoms with E-state index in [-0.39, 0.29) is 18.3 Å². The minimum Gasteiger partial charge on any atom is -0.449 e. The normalized spacial score (nSPS) is 11.6. The SMILES string of the molecule is CC(=O)c1cncc(C#CCCNC(=O)OCC2c3ccccc3-c3ccccc32)c1. The van der Waals surface area contributed by atoms with E-state index in [0.717, 1.165) is 0 Å². The largest absolute Gasteiger partial charge is 0.449 e. The number of fused-ring (bicyclic) bond motifs is 3. The minimum absolute atomic E-state index is 0.0407. The zero-order chi connectivity index (χ0) is 21.6. The lowest BCUT2D eigenvalue weighted by Gasteiger charge is -2.14. The summed E-state index contributed by atoms with van der Waals surface area (Å²) in [5.41, 5.74) is 5.97. The van der Waals surface area contributed by atoms with Gasteiger partial charge >= 0.3 is 6.09 Å². The second kappa shape index (κ2) is 9.27. The summed E-state index contributed by atoms with van der Waals surface area (Å²) in [7, 11) is 0. The number of Topliss-reactive ketones (excluding diaryl/α,β-unsaturated/α-hetero) is 1. The van der Waals surface area contributed by atoms with E-state index in [1.165, 1.54) is 35.4 Å². The third-order valence-electron chi connectivity index (χ3n) is 5.24. The van der Waals surface area contributed by atoms with E-state index >= 15 is 0 Å². The highest BCUT2D eigenvalue weighted by atomic mass is 16.5. The summed E-state index contributed by atoms with van der Waals surface area (Å²) in [6.45, 7) is 2.16. The van der Waals surface area contributed by atoms with Crippen LogP contribution in [0.1, 0.15) is 46.3 Å². The number of aromatic nitrogens is 1. The molecule has 154 valence electrons. The van der Waals surface area contributed by atoms with E-state index in [0.29, 0.717) is 24.1 Å². The van der Waals surface area contributed by atoms with E-state index in [1.54, 1.807) is 12.3 Å². The molecule has 0 atom stereocenters. The summed E-state index contributed by atoms with van der Waals surface area (Å²) < 4.78 is 5.50. The fourth-order valence-electron chi connectivity index (χ4n) is 3.74. The molecule has 0 bridgehead atoms. The standard InChI is InChI=1S/C26H22N2O3/c1-18(29)20-14-19(15-27-16-20)8-6-7-13-28-26(30)31-17-25-23-11-4-2-9-21(23)22-10-3-5-12-24(22)25/h2-5,9-12,14-16,25H,7,13,17H2,1H3,(H,28,30). The van der Waals surface area contributed by atoms with Crippen molar-refractivity contribution in [1.29, 1.82) is 0 Å². The predicted octanol–water partition coefficient (Wildman–Crippen LogP) is 4.56. The lowest BCUT2D eigenvalue weighted by atomic mass is 9.98. The summed E-state index contributed by atoms with van der Waals surface area (Å²) in [6, 6.07) is 18.2. The molecular weight excluding hydrogens is 388 g/mol. The molecule has 2 aromatic carbocycles. The molecule has 0 saturated heterocycles. The molecule has 1 amide bonds. The van der Waals surface area contributed by atoms with Gasteiger partial charge in [0.1, 0.15) is 6.61 Å². The summed E-state index contributed by atoms with van der Waals surface area (Å²) >= 11 is 0.